The van der Waals surface area contributed by atoms with E-state index < -0.39 is 5.97 Å². The van der Waals surface area contributed by atoms with Crippen molar-refractivity contribution in [2.24, 2.45) is 0 Å². The van der Waals surface area contributed by atoms with Gasteiger partial charge in [-0.15, -0.1) is 0 Å². The zero-order valence-corrected chi connectivity index (χ0v) is 10.9. The molecular weight excluding hydrogens is 250 g/mol. The fourth-order valence-electron chi connectivity index (χ4n) is 1.87. The molecule has 19 heavy (non-hydrogen) atoms. The summed E-state index contributed by atoms with van der Waals surface area (Å²) in [6.07, 6.45) is 1.59. The molecule has 1 aromatic heterocycles. The van der Waals surface area contributed by atoms with Gasteiger partial charge >= 0.3 is 5.97 Å². The van der Waals surface area contributed by atoms with Gasteiger partial charge in [-0.3, -0.25) is 9.59 Å². The molecule has 0 radical (unpaired) electrons. The highest BCUT2D eigenvalue weighted by molar-refractivity contribution is 5.69. The van der Waals surface area contributed by atoms with Crippen molar-refractivity contribution in [2.45, 2.75) is 13.5 Å². The highest BCUT2D eigenvalue weighted by Crippen LogP contribution is 2.11. The minimum atomic E-state index is -0.462. The summed E-state index contributed by atoms with van der Waals surface area (Å²) in [4.78, 5) is 25.2. The molecule has 1 fully saturated rings. The van der Waals surface area contributed by atoms with Gasteiger partial charge in [0.1, 0.15) is 6.54 Å². The molecule has 0 saturated carbocycles. The largest absolute Gasteiger partial charge is 0.465 e. The minimum Gasteiger partial charge on any atom is -0.465 e. The van der Waals surface area contributed by atoms with E-state index in [1.807, 2.05) is 4.90 Å². The molecule has 2 heterocycles. The van der Waals surface area contributed by atoms with Crippen LogP contribution >= 0.6 is 0 Å². The summed E-state index contributed by atoms with van der Waals surface area (Å²) >= 11 is 0. The van der Waals surface area contributed by atoms with Crippen LogP contribution in [0.1, 0.15) is 6.92 Å². The quantitative estimate of drug-likeness (QED) is 0.694. The molecular formula is C12H17N3O4. The Kier molecular flexibility index (Phi) is 4.51. The SMILES string of the molecule is CCOC(=O)Cn1ncc(N2CCOCC2)cc1=O. The topological polar surface area (TPSA) is 73.7 Å². The lowest BCUT2D eigenvalue weighted by atomic mass is 10.3. The minimum absolute atomic E-state index is 0.157. The average molecular weight is 267 g/mol. The van der Waals surface area contributed by atoms with Gasteiger partial charge < -0.3 is 14.4 Å². The summed E-state index contributed by atoms with van der Waals surface area (Å²) in [5, 5.41) is 4.00. The first-order valence-corrected chi connectivity index (χ1v) is 6.26. The Balaban J connectivity index is 2.08. The van der Waals surface area contributed by atoms with Crippen molar-refractivity contribution in [3.63, 3.8) is 0 Å². The van der Waals surface area contributed by atoms with Crippen LogP contribution in [0.4, 0.5) is 5.69 Å². The number of aromatic nitrogens is 2. The van der Waals surface area contributed by atoms with Gasteiger partial charge in [0.05, 0.1) is 31.7 Å². The average Bonchev–Trinajstić information content (AvgIpc) is 2.42. The first kappa shape index (κ1) is 13.5. The van der Waals surface area contributed by atoms with Gasteiger partial charge in [-0.1, -0.05) is 0 Å². The van der Waals surface area contributed by atoms with E-state index in [1.165, 1.54) is 6.07 Å². The van der Waals surface area contributed by atoms with Gasteiger partial charge in [-0.2, -0.15) is 5.10 Å². The summed E-state index contributed by atoms with van der Waals surface area (Å²) in [5.41, 5.74) is 0.449. The van der Waals surface area contributed by atoms with Crippen LogP contribution in [0.25, 0.3) is 0 Å². The highest BCUT2D eigenvalue weighted by atomic mass is 16.5. The molecule has 2 rings (SSSR count). The van der Waals surface area contributed by atoms with E-state index in [0.717, 1.165) is 23.5 Å². The molecule has 0 amide bonds. The molecule has 1 aliphatic rings. The molecule has 0 bridgehead atoms. The van der Waals surface area contributed by atoms with Crippen molar-refractivity contribution in [1.29, 1.82) is 0 Å². The number of esters is 1. The molecule has 7 nitrogen and oxygen atoms in total. The summed E-state index contributed by atoms with van der Waals surface area (Å²) in [7, 11) is 0. The van der Waals surface area contributed by atoms with Crippen LogP contribution in [-0.2, 0) is 20.8 Å². The predicted octanol–water partition coefficient (Wildman–Crippen LogP) is -0.357. The fourth-order valence-corrected chi connectivity index (χ4v) is 1.87. The maximum Gasteiger partial charge on any atom is 0.327 e. The number of hydrogen-bond acceptors (Lipinski definition) is 6. The van der Waals surface area contributed by atoms with Gasteiger partial charge in [0.25, 0.3) is 5.56 Å². The lowest BCUT2D eigenvalue weighted by Crippen LogP contribution is -2.37. The van der Waals surface area contributed by atoms with Gasteiger partial charge in [-0.05, 0) is 6.92 Å². The van der Waals surface area contributed by atoms with E-state index in [1.54, 1.807) is 13.1 Å². The van der Waals surface area contributed by atoms with Crippen LogP contribution in [0, 0.1) is 0 Å². The van der Waals surface area contributed by atoms with E-state index >= 15 is 0 Å². The van der Waals surface area contributed by atoms with E-state index in [9.17, 15) is 9.59 Å². The Morgan fingerprint density at radius 2 is 2.21 bits per heavy atom. The summed E-state index contributed by atoms with van der Waals surface area (Å²) in [6.45, 7) is 4.62. The Hall–Kier alpha value is -1.89. The van der Waals surface area contributed by atoms with Crippen LogP contribution in [0.15, 0.2) is 17.1 Å². The second-order valence-electron chi connectivity index (χ2n) is 4.11. The second-order valence-corrected chi connectivity index (χ2v) is 4.11. The molecule has 1 aromatic rings. The summed E-state index contributed by atoms with van der Waals surface area (Å²) in [5.74, 6) is -0.462. The van der Waals surface area contributed by atoms with E-state index in [4.69, 9.17) is 9.47 Å². The van der Waals surface area contributed by atoms with Crippen LogP contribution in [0.2, 0.25) is 0 Å². The molecule has 1 saturated heterocycles. The Bertz CT molecular complexity index is 494. The van der Waals surface area contributed by atoms with Crippen molar-refractivity contribution in [2.75, 3.05) is 37.8 Å². The number of nitrogens with zero attached hydrogens (tertiary/aromatic N) is 3. The van der Waals surface area contributed by atoms with Crippen molar-refractivity contribution in [3.05, 3.63) is 22.6 Å². The zero-order valence-electron chi connectivity index (χ0n) is 10.9. The van der Waals surface area contributed by atoms with E-state index in [0.29, 0.717) is 19.8 Å². The number of carbonyl (C=O) groups is 1. The monoisotopic (exact) mass is 267 g/mol. The Morgan fingerprint density at radius 3 is 2.84 bits per heavy atom. The molecule has 0 spiro atoms. The zero-order chi connectivity index (χ0) is 13.7. The number of anilines is 1. The number of morpholine rings is 1. The van der Waals surface area contributed by atoms with Crippen LogP contribution in [-0.4, -0.2) is 48.7 Å². The first-order valence-electron chi connectivity index (χ1n) is 6.26. The number of ether oxygens (including phenoxy) is 2. The molecule has 0 unspecified atom stereocenters. The van der Waals surface area contributed by atoms with Crippen LogP contribution < -0.4 is 10.5 Å². The molecule has 1 aliphatic heterocycles. The highest BCUT2D eigenvalue weighted by Gasteiger charge is 2.13. The number of rotatable bonds is 4. The van der Waals surface area contributed by atoms with Gasteiger partial charge in [0.15, 0.2) is 0 Å². The maximum atomic E-state index is 11.9. The first-order chi connectivity index (χ1) is 9.20. The molecule has 7 heteroatoms. The van der Waals surface area contributed by atoms with Gasteiger partial charge in [0, 0.05) is 19.2 Å². The van der Waals surface area contributed by atoms with Gasteiger partial charge in [0.2, 0.25) is 0 Å². The Labute approximate surface area is 110 Å². The molecule has 0 atom stereocenters. The molecule has 0 aliphatic carbocycles. The number of hydrogen-bond donors (Lipinski definition) is 0. The molecule has 0 N–H and O–H groups in total. The fraction of sp³-hybridized carbons (Fsp3) is 0.583. The predicted molar refractivity (Wildman–Crippen MR) is 68.2 cm³/mol. The van der Waals surface area contributed by atoms with Crippen molar-refractivity contribution < 1.29 is 14.3 Å². The lowest BCUT2D eigenvalue weighted by molar-refractivity contribution is -0.144. The van der Waals surface area contributed by atoms with Crippen molar-refractivity contribution in [3.8, 4) is 0 Å². The molecule has 0 aromatic carbocycles. The lowest BCUT2D eigenvalue weighted by Gasteiger charge is -2.28. The van der Waals surface area contributed by atoms with Gasteiger partial charge in [-0.25, -0.2) is 4.68 Å². The maximum absolute atomic E-state index is 11.9. The standard InChI is InChI=1S/C12H17N3O4/c1-2-19-12(17)9-15-11(16)7-10(8-13-15)14-3-5-18-6-4-14/h7-8H,2-6,9H2,1H3. The summed E-state index contributed by atoms with van der Waals surface area (Å²) in [6, 6.07) is 1.48. The van der Waals surface area contributed by atoms with Crippen molar-refractivity contribution >= 4 is 11.7 Å². The van der Waals surface area contributed by atoms with Crippen molar-refractivity contribution in [1.82, 2.24) is 9.78 Å². The smallest absolute Gasteiger partial charge is 0.327 e. The third-order valence-electron chi connectivity index (χ3n) is 2.82. The number of carbonyl (C=O) groups excluding carboxylic acids is 1. The van der Waals surface area contributed by atoms with E-state index in [-0.39, 0.29) is 12.1 Å². The van der Waals surface area contributed by atoms with E-state index in [2.05, 4.69) is 5.10 Å². The van der Waals surface area contributed by atoms with Crippen LogP contribution in [0.5, 0.6) is 0 Å². The summed E-state index contributed by atoms with van der Waals surface area (Å²) < 4.78 is 11.1. The third-order valence-corrected chi connectivity index (χ3v) is 2.82. The molecule has 104 valence electrons. The van der Waals surface area contributed by atoms with Crippen LogP contribution in [0.3, 0.4) is 0 Å². The second kappa shape index (κ2) is 6.33. The normalized spacial score (nSPS) is 15.3. The Morgan fingerprint density at radius 1 is 1.47 bits per heavy atom. The third kappa shape index (κ3) is 3.54.